The number of nitrogens with zero attached hydrogens (tertiary/aromatic N) is 1. The van der Waals surface area contributed by atoms with Crippen molar-refractivity contribution in [3.63, 3.8) is 0 Å². The highest BCUT2D eigenvalue weighted by Crippen LogP contribution is 2.44. The molecule has 0 radical (unpaired) electrons. The molecule has 0 amide bonds. The molecule has 2 heteroatoms. The first kappa shape index (κ1) is 12.2. The molecule has 0 unspecified atom stereocenters. The molecule has 2 fully saturated rings. The molecule has 2 aliphatic rings. The SMILES string of the molecule is OC1(C2CC2)CN(CCCCc2ccccc2)C1. The summed E-state index contributed by atoms with van der Waals surface area (Å²) in [5.41, 5.74) is 1.13. The van der Waals surface area contributed by atoms with Crippen LogP contribution in [-0.4, -0.2) is 35.2 Å². The number of aliphatic hydroxyl groups is 1. The Labute approximate surface area is 110 Å². The van der Waals surface area contributed by atoms with E-state index in [0.717, 1.165) is 19.6 Å². The van der Waals surface area contributed by atoms with Crippen molar-refractivity contribution in [1.82, 2.24) is 4.90 Å². The number of aryl methyl sites for hydroxylation is 1. The lowest BCUT2D eigenvalue weighted by Gasteiger charge is -2.47. The van der Waals surface area contributed by atoms with Gasteiger partial charge in [-0.05, 0) is 50.1 Å². The molecule has 1 aliphatic heterocycles. The van der Waals surface area contributed by atoms with Gasteiger partial charge in [0, 0.05) is 13.1 Å². The molecule has 1 saturated carbocycles. The number of hydrogen-bond donors (Lipinski definition) is 1. The lowest BCUT2D eigenvalue weighted by Crippen LogP contribution is -2.63. The van der Waals surface area contributed by atoms with Gasteiger partial charge in [0.15, 0.2) is 0 Å². The molecule has 0 atom stereocenters. The lowest BCUT2D eigenvalue weighted by atomic mass is 9.88. The Morgan fingerprint density at radius 3 is 2.50 bits per heavy atom. The van der Waals surface area contributed by atoms with E-state index in [-0.39, 0.29) is 5.60 Å². The molecule has 0 spiro atoms. The predicted octanol–water partition coefficient (Wildman–Crippen LogP) is 2.47. The molecule has 1 aromatic carbocycles. The first-order valence-electron chi connectivity index (χ1n) is 7.25. The summed E-state index contributed by atoms with van der Waals surface area (Å²) in [5, 5.41) is 10.2. The van der Waals surface area contributed by atoms with E-state index < -0.39 is 0 Å². The van der Waals surface area contributed by atoms with Gasteiger partial charge in [0.25, 0.3) is 0 Å². The van der Waals surface area contributed by atoms with Crippen LogP contribution in [0.15, 0.2) is 30.3 Å². The molecule has 2 nitrogen and oxygen atoms in total. The molecule has 18 heavy (non-hydrogen) atoms. The van der Waals surface area contributed by atoms with E-state index in [4.69, 9.17) is 0 Å². The molecule has 98 valence electrons. The van der Waals surface area contributed by atoms with Gasteiger partial charge in [-0.1, -0.05) is 30.3 Å². The smallest absolute Gasteiger partial charge is 0.0928 e. The number of unbranched alkanes of at least 4 members (excludes halogenated alkanes) is 1. The fourth-order valence-corrected chi connectivity index (χ4v) is 3.07. The van der Waals surface area contributed by atoms with Crippen LogP contribution in [0.5, 0.6) is 0 Å². The summed E-state index contributed by atoms with van der Waals surface area (Å²) in [6, 6.07) is 10.7. The quantitative estimate of drug-likeness (QED) is 0.778. The molecule has 1 saturated heterocycles. The van der Waals surface area contributed by atoms with Crippen LogP contribution in [0.25, 0.3) is 0 Å². The summed E-state index contributed by atoms with van der Waals surface area (Å²) in [6.07, 6.45) is 6.18. The summed E-state index contributed by atoms with van der Waals surface area (Å²) in [4.78, 5) is 2.41. The highest BCUT2D eigenvalue weighted by molar-refractivity contribution is 5.14. The average molecular weight is 245 g/mol. The van der Waals surface area contributed by atoms with Crippen LogP contribution in [0.3, 0.4) is 0 Å². The van der Waals surface area contributed by atoms with Crippen molar-refractivity contribution in [2.45, 2.75) is 37.7 Å². The molecule has 3 rings (SSSR count). The van der Waals surface area contributed by atoms with E-state index in [1.807, 2.05) is 0 Å². The zero-order valence-corrected chi connectivity index (χ0v) is 11.0. The summed E-state index contributed by atoms with van der Waals surface area (Å²) >= 11 is 0. The second-order valence-corrected chi connectivity index (χ2v) is 6.03. The second kappa shape index (κ2) is 5.02. The molecule has 0 bridgehead atoms. The number of hydrogen-bond acceptors (Lipinski definition) is 2. The Bertz CT molecular complexity index is 379. The minimum absolute atomic E-state index is 0.306. The molecule has 0 aromatic heterocycles. The summed E-state index contributed by atoms with van der Waals surface area (Å²) in [6.45, 7) is 2.99. The van der Waals surface area contributed by atoms with Crippen LogP contribution < -0.4 is 0 Å². The highest BCUT2D eigenvalue weighted by Gasteiger charge is 2.51. The zero-order chi connectivity index (χ0) is 12.4. The van der Waals surface area contributed by atoms with Crippen LogP contribution in [0.4, 0.5) is 0 Å². The largest absolute Gasteiger partial charge is 0.387 e. The zero-order valence-electron chi connectivity index (χ0n) is 11.0. The third kappa shape index (κ3) is 2.76. The van der Waals surface area contributed by atoms with Crippen molar-refractivity contribution >= 4 is 0 Å². The molecule has 1 aliphatic carbocycles. The Hall–Kier alpha value is -0.860. The molecular weight excluding hydrogens is 222 g/mol. The second-order valence-electron chi connectivity index (χ2n) is 6.03. The Kier molecular flexibility index (Phi) is 3.40. The summed E-state index contributed by atoms with van der Waals surface area (Å²) in [5.74, 6) is 0.623. The van der Waals surface area contributed by atoms with Gasteiger partial charge in [-0.2, -0.15) is 0 Å². The van der Waals surface area contributed by atoms with Crippen molar-refractivity contribution in [2.24, 2.45) is 5.92 Å². The normalized spacial score (nSPS) is 22.7. The first-order chi connectivity index (χ1) is 8.76. The van der Waals surface area contributed by atoms with Crippen molar-refractivity contribution in [3.05, 3.63) is 35.9 Å². The molecule has 1 N–H and O–H groups in total. The third-order valence-electron chi connectivity index (χ3n) is 4.36. The Morgan fingerprint density at radius 2 is 1.83 bits per heavy atom. The summed E-state index contributed by atoms with van der Waals surface area (Å²) in [7, 11) is 0. The minimum atomic E-state index is -0.306. The van der Waals surface area contributed by atoms with E-state index in [1.54, 1.807) is 0 Å². The highest BCUT2D eigenvalue weighted by atomic mass is 16.3. The third-order valence-corrected chi connectivity index (χ3v) is 4.36. The van der Waals surface area contributed by atoms with Gasteiger partial charge in [-0.15, -0.1) is 0 Å². The number of benzene rings is 1. The fourth-order valence-electron chi connectivity index (χ4n) is 3.07. The fraction of sp³-hybridized carbons (Fsp3) is 0.625. The minimum Gasteiger partial charge on any atom is -0.387 e. The average Bonchev–Trinajstić information content (AvgIpc) is 3.17. The van der Waals surface area contributed by atoms with Crippen LogP contribution in [0, 0.1) is 5.92 Å². The maximum absolute atomic E-state index is 10.2. The van der Waals surface area contributed by atoms with E-state index in [9.17, 15) is 5.11 Å². The number of likely N-dealkylation sites (tertiary alicyclic amines) is 1. The van der Waals surface area contributed by atoms with Gasteiger partial charge >= 0.3 is 0 Å². The predicted molar refractivity (Wildman–Crippen MR) is 73.5 cm³/mol. The van der Waals surface area contributed by atoms with Crippen molar-refractivity contribution in [2.75, 3.05) is 19.6 Å². The summed E-state index contributed by atoms with van der Waals surface area (Å²) < 4.78 is 0. The van der Waals surface area contributed by atoms with E-state index >= 15 is 0 Å². The van der Waals surface area contributed by atoms with Crippen molar-refractivity contribution in [1.29, 1.82) is 0 Å². The van der Waals surface area contributed by atoms with Gasteiger partial charge in [0.05, 0.1) is 5.60 Å². The van der Waals surface area contributed by atoms with Crippen LogP contribution in [-0.2, 0) is 6.42 Å². The van der Waals surface area contributed by atoms with Crippen LogP contribution in [0.2, 0.25) is 0 Å². The van der Waals surface area contributed by atoms with Gasteiger partial charge in [0.1, 0.15) is 0 Å². The lowest BCUT2D eigenvalue weighted by molar-refractivity contribution is -0.113. The van der Waals surface area contributed by atoms with E-state index in [0.29, 0.717) is 5.92 Å². The van der Waals surface area contributed by atoms with E-state index in [1.165, 1.54) is 37.7 Å². The van der Waals surface area contributed by atoms with Gasteiger partial charge in [-0.3, -0.25) is 4.90 Å². The standard InChI is InChI=1S/C16H23NO/c18-16(15-9-10-15)12-17(13-16)11-5-4-8-14-6-2-1-3-7-14/h1-3,6-7,15,18H,4-5,8-13H2. The maximum Gasteiger partial charge on any atom is 0.0928 e. The molecule has 1 aromatic rings. The van der Waals surface area contributed by atoms with Crippen molar-refractivity contribution < 1.29 is 5.11 Å². The Balaban J connectivity index is 1.30. The topological polar surface area (TPSA) is 23.5 Å². The van der Waals surface area contributed by atoms with Crippen LogP contribution >= 0.6 is 0 Å². The van der Waals surface area contributed by atoms with Crippen molar-refractivity contribution in [3.8, 4) is 0 Å². The van der Waals surface area contributed by atoms with Gasteiger partial charge in [-0.25, -0.2) is 0 Å². The van der Waals surface area contributed by atoms with E-state index in [2.05, 4.69) is 35.2 Å². The van der Waals surface area contributed by atoms with Crippen LogP contribution in [0.1, 0.15) is 31.2 Å². The Morgan fingerprint density at radius 1 is 1.11 bits per heavy atom. The first-order valence-corrected chi connectivity index (χ1v) is 7.25. The molecular formula is C16H23NO. The molecule has 1 heterocycles. The van der Waals surface area contributed by atoms with Gasteiger partial charge < -0.3 is 5.11 Å². The number of rotatable bonds is 6. The van der Waals surface area contributed by atoms with Gasteiger partial charge in [0.2, 0.25) is 0 Å². The number of β-amino-alcohol motifs (C(OH)–C–C–N with tert-alkyl or cyclic N) is 1. The monoisotopic (exact) mass is 245 g/mol. The maximum atomic E-state index is 10.2.